The van der Waals surface area contributed by atoms with Gasteiger partial charge >= 0.3 is 0 Å². The number of hydrogen-bond donors (Lipinski definition) is 1. The van der Waals surface area contributed by atoms with Crippen molar-refractivity contribution in [1.82, 2.24) is 0 Å². The average molecular weight is 322 g/mol. The molecule has 0 saturated carbocycles. The highest BCUT2D eigenvalue weighted by molar-refractivity contribution is 5.26. The van der Waals surface area contributed by atoms with Crippen LogP contribution >= 0.6 is 0 Å². The SMILES string of the molecule is C=CC[C@@H]1OC(C)(C)O[C@@H]1[C@@H](CO)OCc1ccc(OC)cc1. The van der Waals surface area contributed by atoms with Gasteiger partial charge < -0.3 is 24.1 Å². The minimum Gasteiger partial charge on any atom is -0.497 e. The lowest BCUT2D eigenvalue weighted by Gasteiger charge is -2.25. The minimum absolute atomic E-state index is 0.131. The Morgan fingerprint density at radius 3 is 2.57 bits per heavy atom. The van der Waals surface area contributed by atoms with E-state index in [1.807, 2.05) is 38.1 Å². The van der Waals surface area contributed by atoms with Gasteiger partial charge in [-0.1, -0.05) is 18.2 Å². The highest BCUT2D eigenvalue weighted by Crippen LogP contribution is 2.33. The molecular weight excluding hydrogens is 296 g/mol. The molecule has 5 nitrogen and oxygen atoms in total. The lowest BCUT2D eigenvalue weighted by molar-refractivity contribution is -0.164. The standard InChI is InChI=1S/C18H26O5/c1-5-6-15-17(23-18(2,3)22-15)16(11-19)21-12-13-7-9-14(20-4)10-8-13/h5,7-10,15-17,19H,1,6,11-12H2,2-4H3/t15-,16+,17-/m0/s1. The van der Waals surface area contributed by atoms with Gasteiger partial charge in [-0.05, 0) is 38.0 Å². The molecule has 23 heavy (non-hydrogen) atoms. The first-order chi connectivity index (χ1) is 11.0. The van der Waals surface area contributed by atoms with E-state index in [0.717, 1.165) is 11.3 Å². The molecule has 1 N–H and O–H groups in total. The second kappa shape index (κ2) is 7.93. The van der Waals surface area contributed by atoms with Gasteiger partial charge in [-0.25, -0.2) is 0 Å². The highest BCUT2D eigenvalue weighted by atomic mass is 16.8. The zero-order valence-corrected chi connectivity index (χ0v) is 14.0. The third kappa shape index (κ3) is 4.78. The zero-order valence-electron chi connectivity index (χ0n) is 14.0. The molecular formula is C18H26O5. The Morgan fingerprint density at radius 2 is 2.00 bits per heavy atom. The Hall–Kier alpha value is -1.40. The first kappa shape index (κ1) is 17.9. The third-order valence-electron chi connectivity index (χ3n) is 3.79. The number of aliphatic hydroxyl groups is 1. The van der Waals surface area contributed by atoms with Crippen molar-refractivity contribution < 1.29 is 24.1 Å². The van der Waals surface area contributed by atoms with E-state index in [1.165, 1.54) is 0 Å². The molecule has 5 heteroatoms. The molecule has 1 heterocycles. The molecule has 1 aromatic rings. The maximum atomic E-state index is 9.70. The van der Waals surface area contributed by atoms with Crippen LogP contribution in [0.1, 0.15) is 25.8 Å². The number of aliphatic hydroxyl groups excluding tert-OH is 1. The van der Waals surface area contributed by atoms with Crippen LogP contribution in [-0.4, -0.2) is 42.9 Å². The van der Waals surface area contributed by atoms with E-state index in [2.05, 4.69) is 6.58 Å². The predicted octanol–water partition coefficient (Wildman–Crippen LogP) is 2.67. The molecule has 1 aliphatic heterocycles. The van der Waals surface area contributed by atoms with Gasteiger partial charge in [0, 0.05) is 0 Å². The van der Waals surface area contributed by atoms with Crippen molar-refractivity contribution in [3.63, 3.8) is 0 Å². The number of methoxy groups -OCH3 is 1. The van der Waals surface area contributed by atoms with Gasteiger partial charge in [0.25, 0.3) is 0 Å². The van der Waals surface area contributed by atoms with Crippen LogP contribution in [0.15, 0.2) is 36.9 Å². The second-order valence-electron chi connectivity index (χ2n) is 6.04. The van der Waals surface area contributed by atoms with E-state index in [1.54, 1.807) is 13.2 Å². The summed E-state index contributed by atoms with van der Waals surface area (Å²) in [7, 11) is 1.63. The van der Waals surface area contributed by atoms with Crippen LogP contribution in [0.2, 0.25) is 0 Å². The van der Waals surface area contributed by atoms with Crippen LogP contribution in [0.4, 0.5) is 0 Å². The fraction of sp³-hybridized carbons (Fsp3) is 0.556. The Labute approximate surface area is 137 Å². The molecule has 1 aromatic carbocycles. The van der Waals surface area contributed by atoms with Gasteiger partial charge in [-0.15, -0.1) is 6.58 Å². The lowest BCUT2D eigenvalue weighted by atomic mass is 10.1. The molecule has 0 radical (unpaired) electrons. The Balaban J connectivity index is 1.98. The van der Waals surface area contributed by atoms with Crippen LogP contribution in [0.5, 0.6) is 5.75 Å². The number of benzene rings is 1. The summed E-state index contributed by atoms with van der Waals surface area (Å²) in [6.07, 6.45) is 1.49. The quantitative estimate of drug-likeness (QED) is 0.746. The van der Waals surface area contributed by atoms with Crippen molar-refractivity contribution in [2.75, 3.05) is 13.7 Å². The predicted molar refractivity (Wildman–Crippen MR) is 87.3 cm³/mol. The second-order valence-corrected chi connectivity index (χ2v) is 6.04. The maximum absolute atomic E-state index is 9.70. The summed E-state index contributed by atoms with van der Waals surface area (Å²) >= 11 is 0. The van der Waals surface area contributed by atoms with Crippen LogP contribution in [0, 0.1) is 0 Å². The summed E-state index contributed by atoms with van der Waals surface area (Å²) in [6.45, 7) is 7.73. The topological polar surface area (TPSA) is 57.2 Å². The Kier molecular flexibility index (Phi) is 6.18. The number of rotatable bonds is 8. The average Bonchev–Trinajstić information content (AvgIpc) is 2.84. The smallest absolute Gasteiger partial charge is 0.163 e. The van der Waals surface area contributed by atoms with E-state index < -0.39 is 11.9 Å². The summed E-state index contributed by atoms with van der Waals surface area (Å²) in [5, 5.41) is 9.70. The van der Waals surface area contributed by atoms with Gasteiger partial charge in [0.1, 0.15) is 18.0 Å². The van der Waals surface area contributed by atoms with Crippen LogP contribution in [0.25, 0.3) is 0 Å². The summed E-state index contributed by atoms with van der Waals surface area (Å²) in [6, 6.07) is 7.63. The highest BCUT2D eigenvalue weighted by Gasteiger charge is 2.44. The van der Waals surface area contributed by atoms with Gasteiger partial charge in [0.2, 0.25) is 0 Å². The fourth-order valence-electron chi connectivity index (χ4n) is 2.70. The molecule has 0 aromatic heterocycles. The van der Waals surface area contributed by atoms with Crippen molar-refractivity contribution in [3.05, 3.63) is 42.5 Å². The van der Waals surface area contributed by atoms with Gasteiger partial charge in [0.15, 0.2) is 5.79 Å². The first-order valence-corrected chi connectivity index (χ1v) is 7.81. The van der Waals surface area contributed by atoms with Crippen molar-refractivity contribution in [3.8, 4) is 5.75 Å². The van der Waals surface area contributed by atoms with E-state index in [-0.39, 0.29) is 18.8 Å². The first-order valence-electron chi connectivity index (χ1n) is 7.81. The van der Waals surface area contributed by atoms with Crippen LogP contribution < -0.4 is 4.74 Å². The van der Waals surface area contributed by atoms with E-state index in [0.29, 0.717) is 13.0 Å². The van der Waals surface area contributed by atoms with Crippen molar-refractivity contribution >= 4 is 0 Å². The molecule has 0 unspecified atom stereocenters. The Bertz CT molecular complexity index is 497. The lowest BCUT2D eigenvalue weighted by Crippen LogP contribution is -2.39. The zero-order chi connectivity index (χ0) is 16.9. The van der Waals surface area contributed by atoms with E-state index in [4.69, 9.17) is 18.9 Å². The molecule has 0 aliphatic carbocycles. The molecule has 1 saturated heterocycles. The number of hydrogen-bond acceptors (Lipinski definition) is 5. The van der Waals surface area contributed by atoms with Crippen molar-refractivity contribution in [1.29, 1.82) is 0 Å². The Morgan fingerprint density at radius 1 is 1.30 bits per heavy atom. The normalized spacial score (nSPS) is 24.3. The maximum Gasteiger partial charge on any atom is 0.163 e. The summed E-state index contributed by atoms with van der Waals surface area (Å²) in [4.78, 5) is 0. The van der Waals surface area contributed by atoms with Crippen molar-refractivity contribution in [2.45, 2.75) is 51.0 Å². The fourth-order valence-corrected chi connectivity index (χ4v) is 2.70. The molecule has 0 bridgehead atoms. The molecule has 3 atom stereocenters. The summed E-state index contributed by atoms with van der Waals surface area (Å²) in [5.74, 6) is 0.114. The van der Waals surface area contributed by atoms with Crippen LogP contribution in [0.3, 0.4) is 0 Å². The molecule has 0 spiro atoms. The van der Waals surface area contributed by atoms with E-state index >= 15 is 0 Å². The minimum atomic E-state index is -0.685. The summed E-state index contributed by atoms with van der Waals surface area (Å²) < 4.78 is 22.8. The van der Waals surface area contributed by atoms with Crippen LogP contribution in [-0.2, 0) is 20.8 Å². The molecule has 2 rings (SSSR count). The molecule has 128 valence electrons. The van der Waals surface area contributed by atoms with Crippen molar-refractivity contribution in [2.24, 2.45) is 0 Å². The van der Waals surface area contributed by atoms with Gasteiger partial charge in [0.05, 0.1) is 26.4 Å². The van der Waals surface area contributed by atoms with Gasteiger partial charge in [-0.2, -0.15) is 0 Å². The molecule has 1 aliphatic rings. The third-order valence-corrected chi connectivity index (χ3v) is 3.79. The number of ether oxygens (including phenoxy) is 4. The molecule has 1 fully saturated rings. The molecule has 0 amide bonds. The monoisotopic (exact) mass is 322 g/mol. The van der Waals surface area contributed by atoms with E-state index in [9.17, 15) is 5.11 Å². The largest absolute Gasteiger partial charge is 0.497 e. The summed E-state index contributed by atoms with van der Waals surface area (Å²) in [5.41, 5.74) is 1.00. The van der Waals surface area contributed by atoms with Gasteiger partial charge in [-0.3, -0.25) is 0 Å².